The summed E-state index contributed by atoms with van der Waals surface area (Å²) in [6.45, 7) is 3.80. The summed E-state index contributed by atoms with van der Waals surface area (Å²) in [6.07, 6.45) is 0.503. The zero-order valence-corrected chi connectivity index (χ0v) is 10.1. The summed E-state index contributed by atoms with van der Waals surface area (Å²) < 4.78 is 10.0. The van der Waals surface area contributed by atoms with Crippen molar-refractivity contribution in [3.63, 3.8) is 0 Å². The summed E-state index contributed by atoms with van der Waals surface area (Å²) in [5.74, 6) is 0.737. The zero-order valence-electron chi connectivity index (χ0n) is 10.1. The monoisotopic (exact) mass is 228 g/mol. The fourth-order valence-corrected chi connectivity index (χ4v) is 1.40. The minimum absolute atomic E-state index is 0.260. The molecule has 0 bridgehead atoms. The molecule has 0 aliphatic carbocycles. The normalized spacial score (nSPS) is 13.3. The van der Waals surface area contributed by atoms with E-state index in [0.29, 0.717) is 6.61 Å². The number of ether oxygens (including phenoxy) is 1. The van der Waals surface area contributed by atoms with Crippen LogP contribution < -0.4 is 0 Å². The topological polar surface area (TPSA) is 58.7 Å². The molecule has 0 spiro atoms. The summed E-state index contributed by atoms with van der Waals surface area (Å²) in [5.41, 5.74) is 0.889. The van der Waals surface area contributed by atoms with Crippen LogP contribution in [0.25, 0.3) is 0 Å². The van der Waals surface area contributed by atoms with Gasteiger partial charge in [0.2, 0.25) is 0 Å². The second-order valence-electron chi connectivity index (χ2n) is 4.09. The van der Waals surface area contributed by atoms with Crippen molar-refractivity contribution in [2.45, 2.75) is 32.6 Å². The lowest BCUT2D eigenvalue weighted by molar-refractivity contribution is 0.154. The molecule has 0 aliphatic heterocycles. The Hall–Kier alpha value is -0.910. The highest BCUT2D eigenvalue weighted by Gasteiger charge is 2.07. The van der Waals surface area contributed by atoms with Gasteiger partial charge in [0.15, 0.2) is 5.76 Å². The van der Waals surface area contributed by atoms with Crippen LogP contribution in [-0.4, -0.2) is 42.0 Å². The molecule has 0 aromatic carbocycles. The van der Waals surface area contributed by atoms with Gasteiger partial charge in [0.25, 0.3) is 0 Å². The van der Waals surface area contributed by atoms with Crippen molar-refractivity contribution >= 4 is 0 Å². The highest BCUT2D eigenvalue weighted by Crippen LogP contribution is 2.07. The van der Waals surface area contributed by atoms with Crippen molar-refractivity contribution in [3.8, 4) is 0 Å². The van der Waals surface area contributed by atoms with Crippen LogP contribution in [0.3, 0.4) is 0 Å². The Morgan fingerprint density at radius 2 is 2.38 bits per heavy atom. The molecule has 1 heterocycles. The lowest BCUT2D eigenvalue weighted by atomic mass is 10.2. The molecule has 1 atom stereocenters. The maximum atomic E-state index is 9.16. The van der Waals surface area contributed by atoms with Crippen molar-refractivity contribution in [1.29, 1.82) is 0 Å². The molecule has 0 fully saturated rings. The summed E-state index contributed by atoms with van der Waals surface area (Å²) >= 11 is 0. The first-order chi connectivity index (χ1) is 7.61. The molecule has 5 nitrogen and oxygen atoms in total. The molecule has 0 saturated heterocycles. The first kappa shape index (κ1) is 13.2. The van der Waals surface area contributed by atoms with Gasteiger partial charge in [-0.15, -0.1) is 0 Å². The van der Waals surface area contributed by atoms with Gasteiger partial charge in [-0.1, -0.05) is 5.16 Å². The third kappa shape index (κ3) is 4.74. The quantitative estimate of drug-likeness (QED) is 0.755. The molecule has 1 aromatic rings. The Balaban J connectivity index is 2.34. The van der Waals surface area contributed by atoms with Crippen LogP contribution in [0.4, 0.5) is 0 Å². The van der Waals surface area contributed by atoms with E-state index in [9.17, 15) is 0 Å². The first-order valence-electron chi connectivity index (χ1n) is 5.42. The highest BCUT2D eigenvalue weighted by atomic mass is 16.5. The van der Waals surface area contributed by atoms with Crippen LogP contribution in [-0.2, 0) is 17.9 Å². The minimum Gasteiger partial charge on any atom is -0.393 e. The molecule has 1 rings (SSSR count). The molecule has 5 heteroatoms. The number of hydrogen-bond donors (Lipinski definition) is 1. The van der Waals surface area contributed by atoms with Crippen LogP contribution in [0, 0.1) is 0 Å². The average molecular weight is 228 g/mol. The largest absolute Gasteiger partial charge is 0.393 e. The lowest BCUT2D eigenvalue weighted by Gasteiger charge is -2.15. The van der Waals surface area contributed by atoms with Crippen LogP contribution in [0.5, 0.6) is 0 Å². The van der Waals surface area contributed by atoms with Crippen LogP contribution in [0.2, 0.25) is 0 Å². The van der Waals surface area contributed by atoms with Gasteiger partial charge in [-0.2, -0.15) is 0 Å². The van der Waals surface area contributed by atoms with Gasteiger partial charge in [0, 0.05) is 26.3 Å². The third-order valence-corrected chi connectivity index (χ3v) is 2.25. The van der Waals surface area contributed by atoms with E-state index in [2.05, 4.69) is 10.1 Å². The van der Waals surface area contributed by atoms with Gasteiger partial charge in [-0.05, 0) is 20.4 Å². The molecule has 1 N–H and O–H groups in total. The Morgan fingerprint density at radius 1 is 1.62 bits per heavy atom. The molecule has 0 saturated carbocycles. The van der Waals surface area contributed by atoms with Crippen LogP contribution in [0.15, 0.2) is 10.6 Å². The molecule has 1 unspecified atom stereocenters. The number of methoxy groups -OCH3 is 1. The number of aliphatic hydroxyl groups excluding tert-OH is 1. The number of rotatable bonds is 7. The van der Waals surface area contributed by atoms with E-state index in [1.165, 1.54) is 0 Å². The summed E-state index contributed by atoms with van der Waals surface area (Å²) in [5, 5.41) is 13.1. The second-order valence-corrected chi connectivity index (χ2v) is 4.09. The van der Waals surface area contributed by atoms with Crippen molar-refractivity contribution in [2.24, 2.45) is 0 Å². The maximum Gasteiger partial charge on any atom is 0.162 e. The van der Waals surface area contributed by atoms with Crippen molar-refractivity contribution < 1.29 is 14.4 Å². The molecule has 0 radical (unpaired) electrons. The fraction of sp³-hybridized carbons (Fsp3) is 0.727. The van der Waals surface area contributed by atoms with Gasteiger partial charge in [0.1, 0.15) is 6.61 Å². The predicted molar refractivity (Wildman–Crippen MR) is 59.8 cm³/mol. The smallest absolute Gasteiger partial charge is 0.162 e. The number of aromatic nitrogens is 1. The number of hydrogen-bond acceptors (Lipinski definition) is 5. The molecule has 0 amide bonds. The van der Waals surface area contributed by atoms with E-state index < -0.39 is 0 Å². The molecule has 16 heavy (non-hydrogen) atoms. The maximum absolute atomic E-state index is 9.16. The minimum atomic E-state index is -0.260. The standard InChI is InChI=1S/C11H20N2O3/c1-9(14)4-5-13(2)7-10-6-11(8-15-3)16-12-10/h6,9,14H,4-5,7-8H2,1-3H3. The third-order valence-electron chi connectivity index (χ3n) is 2.25. The molecule has 1 aromatic heterocycles. The van der Waals surface area contributed by atoms with Crippen molar-refractivity contribution in [2.75, 3.05) is 20.7 Å². The first-order valence-corrected chi connectivity index (χ1v) is 5.42. The van der Waals surface area contributed by atoms with E-state index in [1.54, 1.807) is 14.0 Å². The van der Waals surface area contributed by atoms with Gasteiger partial charge >= 0.3 is 0 Å². The Kier molecular flexibility index (Phi) is 5.45. The Labute approximate surface area is 96.0 Å². The second kappa shape index (κ2) is 6.62. The molecule has 92 valence electrons. The summed E-state index contributed by atoms with van der Waals surface area (Å²) in [7, 11) is 3.62. The van der Waals surface area contributed by atoms with E-state index in [1.807, 2.05) is 13.1 Å². The van der Waals surface area contributed by atoms with E-state index in [0.717, 1.165) is 31.0 Å². The molecule has 0 aliphatic rings. The van der Waals surface area contributed by atoms with Gasteiger partial charge in [0.05, 0.1) is 11.8 Å². The average Bonchev–Trinajstić information content (AvgIpc) is 2.63. The van der Waals surface area contributed by atoms with E-state index in [4.69, 9.17) is 14.4 Å². The Bertz CT molecular complexity index is 299. The fourth-order valence-electron chi connectivity index (χ4n) is 1.40. The predicted octanol–water partition coefficient (Wildman–Crippen LogP) is 1.02. The van der Waals surface area contributed by atoms with Crippen molar-refractivity contribution in [3.05, 3.63) is 17.5 Å². The summed E-state index contributed by atoms with van der Waals surface area (Å²) in [4.78, 5) is 2.10. The van der Waals surface area contributed by atoms with Gasteiger partial charge in [-0.3, -0.25) is 0 Å². The van der Waals surface area contributed by atoms with E-state index >= 15 is 0 Å². The SMILES string of the molecule is COCc1cc(CN(C)CCC(C)O)no1. The lowest BCUT2D eigenvalue weighted by Crippen LogP contribution is -2.22. The number of nitrogens with zero attached hydrogens (tertiary/aromatic N) is 2. The van der Waals surface area contributed by atoms with Crippen molar-refractivity contribution in [1.82, 2.24) is 10.1 Å². The van der Waals surface area contributed by atoms with Gasteiger partial charge < -0.3 is 19.3 Å². The van der Waals surface area contributed by atoms with E-state index in [-0.39, 0.29) is 6.10 Å². The molecular formula is C11H20N2O3. The zero-order chi connectivity index (χ0) is 12.0. The van der Waals surface area contributed by atoms with Crippen LogP contribution >= 0.6 is 0 Å². The highest BCUT2D eigenvalue weighted by molar-refractivity contribution is 5.04. The van der Waals surface area contributed by atoms with Crippen LogP contribution in [0.1, 0.15) is 24.8 Å². The van der Waals surface area contributed by atoms with Gasteiger partial charge in [-0.25, -0.2) is 0 Å². The number of aliphatic hydroxyl groups is 1. The molecular weight excluding hydrogens is 208 g/mol. The Morgan fingerprint density at radius 3 is 3.00 bits per heavy atom. The summed E-state index contributed by atoms with van der Waals surface area (Å²) in [6, 6.07) is 1.89.